The standard InChI is InChI=1S/C20H27ClN6S/c1-3-14(4-2)28-20-24-16-11-15(21)18(12-17(16)25-20)27-9-7-26(8-10-27)13-19-22-5-6-23-19/h5-6,11-12,14H,3-4,7-10,13H2,1-2H3,(H,22,23)(H,24,25). The van der Waals surface area contributed by atoms with Crippen LogP contribution in [-0.4, -0.2) is 56.3 Å². The average molecular weight is 419 g/mol. The molecule has 1 fully saturated rings. The monoisotopic (exact) mass is 418 g/mol. The van der Waals surface area contributed by atoms with E-state index in [1.54, 1.807) is 6.20 Å². The molecule has 0 bridgehead atoms. The Morgan fingerprint density at radius 1 is 1.18 bits per heavy atom. The molecule has 28 heavy (non-hydrogen) atoms. The number of imidazole rings is 2. The maximum Gasteiger partial charge on any atom is 0.166 e. The topological polar surface area (TPSA) is 63.8 Å². The Morgan fingerprint density at radius 2 is 1.96 bits per heavy atom. The highest BCUT2D eigenvalue weighted by atomic mass is 35.5. The minimum atomic E-state index is 0.595. The molecule has 0 aliphatic carbocycles. The summed E-state index contributed by atoms with van der Waals surface area (Å²) in [6.45, 7) is 9.20. The molecule has 1 saturated heterocycles. The third kappa shape index (κ3) is 4.31. The number of hydrogen-bond donors (Lipinski definition) is 2. The van der Waals surface area contributed by atoms with E-state index in [4.69, 9.17) is 16.6 Å². The summed E-state index contributed by atoms with van der Waals surface area (Å²) in [5.74, 6) is 1.02. The zero-order valence-electron chi connectivity index (χ0n) is 16.4. The first kappa shape index (κ1) is 19.6. The van der Waals surface area contributed by atoms with Crippen molar-refractivity contribution in [1.29, 1.82) is 0 Å². The highest BCUT2D eigenvalue weighted by Gasteiger charge is 2.21. The zero-order valence-corrected chi connectivity index (χ0v) is 18.0. The van der Waals surface area contributed by atoms with Gasteiger partial charge in [0, 0.05) is 43.8 Å². The van der Waals surface area contributed by atoms with E-state index < -0.39 is 0 Å². The number of anilines is 1. The van der Waals surface area contributed by atoms with Gasteiger partial charge in [-0.25, -0.2) is 9.97 Å². The van der Waals surface area contributed by atoms with Gasteiger partial charge >= 0.3 is 0 Å². The van der Waals surface area contributed by atoms with Crippen molar-refractivity contribution >= 4 is 40.1 Å². The summed E-state index contributed by atoms with van der Waals surface area (Å²) in [5, 5.41) is 2.37. The third-order valence-electron chi connectivity index (χ3n) is 5.36. The fourth-order valence-electron chi connectivity index (χ4n) is 3.65. The molecule has 4 rings (SSSR count). The van der Waals surface area contributed by atoms with Crippen LogP contribution >= 0.6 is 23.4 Å². The maximum atomic E-state index is 6.63. The first-order valence-corrected chi connectivity index (χ1v) is 11.2. The van der Waals surface area contributed by atoms with Crippen LogP contribution in [0.3, 0.4) is 0 Å². The van der Waals surface area contributed by atoms with Gasteiger partial charge in [-0.05, 0) is 25.0 Å². The lowest BCUT2D eigenvalue weighted by Crippen LogP contribution is -2.46. The van der Waals surface area contributed by atoms with E-state index in [2.05, 4.69) is 44.7 Å². The number of aromatic amines is 2. The Labute approximate surface area is 175 Å². The van der Waals surface area contributed by atoms with E-state index in [1.165, 1.54) is 0 Å². The number of halogens is 1. The number of H-pyrrole nitrogens is 2. The summed E-state index contributed by atoms with van der Waals surface area (Å²) in [6, 6.07) is 4.15. The second kappa shape index (κ2) is 8.76. The third-order valence-corrected chi connectivity index (χ3v) is 7.08. The van der Waals surface area contributed by atoms with Gasteiger partial charge in [0.25, 0.3) is 0 Å². The summed E-state index contributed by atoms with van der Waals surface area (Å²) in [6.07, 6.45) is 5.97. The van der Waals surface area contributed by atoms with Crippen LogP contribution in [0, 0.1) is 0 Å². The molecule has 8 heteroatoms. The molecule has 0 unspecified atom stereocenters. The molecule has 2 aromatic heterocycles. The molecule has 0 saturated carbocycles. The summed E-state index contributed by atoms with van der Waals surface area (Å²) in [5.41, 5.74) is 3.09. The molecule has 2 N–H and O–H groups in total. The van der Waals surface area contributed by atoms with Crippen molar-refractivity contribution in [2.45, 2.75) is 43.6 Å². The van der Waals surface area contributed by atoms with Crippen LogP contribution in [0.25, 0.3) is 11.0 Å². The minimum Gasteiger partial charge on any atom is -0.368 e. The SMILES string of the molecule is CCC(CC)Sc1nc2cc(N3CCN(Cc4ncc[nH]4)CC3)c(Cl)cc2[nH]1. The number of piperazine rings is 1. The highest BCUT2D eigenvalue weighted by Crippen LogP contribution is 2.33. The number of nitrogens with zero attached hydrogens (tertiary/aromatic N) is 4. The molecule has 0 spiro atoms. The van der Waals surface area contributed by atoms with Crippen LogP contribution in [0.5, 0.6) is 0 Å². The first-order valence-electron chi connectivity index (χ1n) is 9.97. The van der Waals surface area contributed by atoms with E-state index in [9.17, 15) is 0 Å². The Kier molecular flexibility index (Phi) is 6.13. The van der Waals surface area contributed by atoms with Crippen molar-refractivity contribution in [2.24, 2.45) is 0 Å². The number of rotatable bonds is 7. The largest absolute Gasteiger partial charge is 0.368 e. The molecular formula is C20H27ClN6S. The molecule has 6 nitrogen and oxygen atoms in total. The maximum absolute atomic E-state index is 6.63. The minimum absolute atomic E-state index is 0.595. The molecule has 1 aliphatic rings. The summed E-state index contributed by atoms with van der Waals surface area (Å²) < 4.78 is 0. The van der Waals surface area contributed by atoms with Gasteiger partial charge in [0.15, 0.2) is 5.16 Å². The predicted molar refractivity (Wildman–Crippen MR) is 117 cm³/mol. The quantitative estimate of drug-likeness (QED) is 0.551. The van der Waals surface area contributed by atoms with Gasteiger partial charge in [-0.15, -0.1) is 0 Å². The van der Waals surface area contributed by atoms with Crippen molar-refractivity contribution in [1.82, 2.24) is 24.8 Å². The Hall–Kier alpha value is -1.70. The molecule has 150 valence electrons. The smallest absolute Gasteiger partial charge is 0.166 e. The highest BCUT2D eigenvalue weighted by molar-refractivity contribution is 7.99. The van der Waals surface area contributed by atoms with Gasteiger partial charge in [0.2, 0.25) is 0 Å². The van der Waals surface area contributed by atoms with Crippen molar-refractivity contribution in [2.75, 3.05) is 31.1 Å². The molecule has 0 amide bonds. The van der Waals surface area contributed by atoms with Gasteiger partial charge in [-0.3, -0.25) is 4.90 Å². The molecular weight excluding hydrogens is 392 g/mol. The number of hydrogen-bond acceptors (Lipinski definition) is 5. The molecule has 1 aromatic carbocycles. The number of benzene rings is 1. The molecule has 3 heterocycles. The lowest BCUT2D eigenvalue weighted by atomic mass is 10.2. The van der Waals surface area contributed by atoms with E-state index >= 15 is 0 Å². The van der Waals surface area contributed by atoms with Crippen LogP contribution in [0.15, 0.2) is 29.7 Å². The van der Waals surface area contributed by atoms with Crippen molar-refractivity contribution in [3.8, 4) is 0 Å². The van der Waals surface area contributed by atoms with Gasteiger partial charge in [-0.2, -0.15) is 0 Å². The average Bonchev–Trinajstić information content (AvgIpc) is 3.35. The second-order valence-corrected chi connectivity index (χ2v) is 8.91. The molecule has 0 atom stereocenters. The Morgan fingerprint density at radius 3 is 2.64 bits per heavy atom. The molecule has 0 radical (unpaired) electrons. The summed E-state index contributed by atoms with van der Waals surface area (Å²) in [4.78, 5) is 20.5. The van der Waals surface area contributed by atoms with Crippen LogP contribution < -0.4 is 4.90 Å². The van der Waals surface area contributed by atoms with Gasteiger partial charge in [0.05, 0.1) is 28.3 Å². The van der Waals surface area contributed by atoms with Crippen LogP contribution in [0.4, 0.5) is 5.69 Å². The summed E-state index contributed by atoms with van der Waals surface area (Å²) in [7, 11) is 0. The number of aromatic nitrogens is 4. The zero-order chi connectivity index (χ0) is 19.5. The fourth-order valence-corrected chi connectivity index (χ4v) is 4.90. The predicted octanol–water partition coefficient (Wildman–Crippen LogP) is 4.54. The van der Waals surface area contributed by atoms with E-state index in [-0.39, 0.29) is 0 Å². The summed E-state index contributed by atoms with van der Waals surface area (Å²) >= 11 is 8.46. The normalized spacial score (nSPS) is 15.8. The van der Waals surface area contributed by atoms with Crippen LogP contribution in [0.2, 0.25) is 5.02 Å². The first-order chi connectivity index (χ1) is 13.7. The number of thioether (sulfide) groups is 1. The fraction of sp³-hybridized carbons (Fsp3) is 0.500. The van der Waals surface area contributed by atoms with Gasteiger partial charge in [0.1, 0.15) is 5.82 Å². The van der Waals surface area contributed by atoms with E-state index in [0.29, 0.717) is 5.25 Å². The Balaban J connectivity index is 1.45. The van der Waals surface area contributed by atoms with E-state index in [0.717, 1.165) is 78.3 Å². The van der Waals surface area contributed by atoms with Gasteiger partial charge < -0.3 is 14.9 Å². The van der Waals surface area contributed by atoms with Crippen LogP contribution in [0.1, 0.15) is 32.5 Å². The van der Waals surface area contributed by atoms with E-state index in [1.807, 2.05) is 24.0 Å². The lowest BCUT2D eigenvalue weighted by Gasteiger charge is -2.36. The molecule has 1 aliphatic heterocycles. The molecule has 3 aromatic rings. The Bertz CT molecular complexity index is 897. The number of fused-ring (bicyclic) bond motifs is 1. The van der Waals surface area contributed by atoms with Gasteiger partial charge in [-0.1, -0.05) is 37.2 Å². The number of nitrogens with one attached hydrogen (secondary N) is 2. The lowest BCUT2D eigenvalue weighted by molar-refractivity contribution is 0.244. The van der Waals surface area contributed by atoms with Crippen molar-refractivity contribution in [3.63, 3.8) is 0 Å². The second-order valence-electron chi connectivity index (χ2n) is 7.22. The van der Waals surface area contributed by atoms with Crippen molar-refractivity contribution < 1.29 is 0 Å². The van der Waals surface area contributed by atoms with Crippen molar-refractivity contribution in [3.05, 3.63) is 35.4 Å². The van der Waals surface area contributed by atoms with Crippen LogP contribution in [-0.2, 0) is 6.54 Å².